The maximum atomic E-state index is 11.8. The fourth-order valence-electron chi connectivity index (χ4n) is 1.77. The summed E-state index contributed by atoms with van der Waals surface area (Å²) in [4.78, 5) is 11.8. The number of rotatable bonds is 4. The molecule has 0 aliphatic heterocycles. The van der Waals surface area contributed by atoms with Gasteiger partial charge in [0.05, 0.1) is 12.7 Å². The SMILES string of the molecule is COC(=O)C(/C=C/c1ccccc1)=C/c1ccccc1. The molecule has 100 valence electrons. The van der Waals surface area contributed by atoms with Crippen molar-refractivity contribution in [1.82, 2.24) is 0 Å². The first-order valence-corrected chi connectivity index (χ1v) is 6.38. The molecule has 0 unspecified atom stereocenters. The Labute approximate surface area is 119 Å². The second kappa shape index (κ2) is 7.10. The van der Waals surface area contributed by atoms with Crippen LogP contribution in [-0.4, -0.2) is 13.1 Å². The molecule has 2 aromatic rings. The van der Waals surface area contributed by atoms with Gasteiger partial charge in [-0.05, 0) is 23.3 Å². The van der Waals surface area contributed by atoms with E-state index in [4.69, 9.17) is 4.74 Å². The highest BCUT2D eigenvalue weighted by Gasteiger charge is 2.05. The first-order valence-electron chi connectivity index (χ1n) is 6.38. The number of benzene rings is 2. The summed E-state index contributed by atoms with van der Waals surface area (Å²) in [7, 11) is 1.39. The van der Waals surface area contributed by atoms with Gasteiger partial charge in [0.1, 0.15) is 0 Å². The van der Waals surface area contributed by atoms with Crippen LogP contribution in [-0.2, 0) is 9.53 Å². The third-order valence-electron chi connectivity index (χ3n) is 2.80. The maximum Gasteiger partial charge on any atom is 0.337 e. The largest absolute Gasteiger partial charge is 0.465 e. The zero-order valence-corrected chi connectivity index (χ0v) is 11.3. The van der Waals surface area contributed by atoms with E-state index in [1.54, 1.807) is 6.08 Å². The van der Waals surface area contributed by atoms with Gasteiger partial charge in [0.2, 0.25) is 0 Å². The van der Waals surface area contributed by atoms with Crippen molar-refractivity contribution in [3.05, 3.63) is 83.4 Å². The lowest BCUT2D eigenvalue weighted by Crippen LogP contribution is -2.02. The Hall–Kier alpha value is -2.61. The van der Waals surface area contributed by atoms with E-state index in [9.17, 15) is 4.79 Å². The van der Waals surface area contributed by atoms with Crippen LogP contribution in [0.15, 0.2) is 72.3 Å². The highest BCUT2D eigenvalue weighted by atomic mass is 16.5. The van der Waals surface area contributed by atoms with Crippen LogP contribution in [0.25, 0.3) is 12.2 Å². The van der Waals surface area contributed by atoms with Crippen LogP contribution in [0, 0.1) is 0 Å². The summed E-state index contributed by atoms with van der Waals surface area (Å²) in [5.41, 5.74) is 2.52. The van der Waals surface area contributed by atoms with Gasteiger partial charge < -0.3 is 4.74 Å². The Balaban J connectivity index is 2.27. The van der Waals surface area contributed by atoms with E-state index in [0.29, 0.717) is 5.57 Å². The Morgan fingerprint density at radius 1 is 0.900 bits per heavy atom. The van der Waals surface area contributed by atoms with Crippen molar-refractivity contribution in [2.45, 2.75) is 0 Å². The van der Waals surface area contributed by atoms with Gasteiger partial charge in [-0.3, -0.25) is 0 Å². The molecule has 2 rings (SSSR count). The molecule has 0 fully saturated rings. The Morgan fingerprint density at radius 2 is 1.45 bits per heavy atom. The number of esters is 1. The van der Waals surface area contributed by atoms with E-state index in [2.05, 4.69) is 0 Å². The van der Waals surface area contributed by atoms with E-state index in [1.807, 2.05) is 72.8 Å². The van der Waals surface area contributed by atoms with Gasteiger partial charge in [0.15, 0.2) is 0 Å². The summed E-state index contributed by atoms with van der Waals surface area (Å²) in [5.74, 6) is -0.346. The fraction of sp³-hybridized carbons (Fsp3) is 0.0556. The lowest BCUT2D eigenvalue weighted by molar-refractivity contribution is -0.135. The van der Waals surface area contributed by atoms with E-state index in [0.717, 1.165) is 11.1 Å². The predicted octanol–water partition coefficient (Wildman–Crippen LogP) is 3.96. The number of methoxy groups -OCH3 is 1. The molecule has 0 aliphatic carbocycles. The molecule has 0 amide bonds. The lowest BCUT2D eigenvalue weighted by Gasteiger charge is -2.01. The lowest BCUT2D eigenvalue weighted by atomic mass is 10.1. The molecule has 0 atom stereocenters. The monoisotopic (exact) mass is 264 g/mol. The van der Waals surface area contributed by atoms with Crippen molar-refractivity contribution in [2.75, 3.05) is 7.11 Å². The molecule has 0 heterocycles. The Kier molecular flexibility index (Phi) is 4.90. The normalized spacial score (nSPS) is 11.6. The van der Waals surface area contributed by atoms with E-state index >= 15 is 0 Å². The van der Waals surface area contributed by atoms with Crippen LogP contribution in [0.4, 0.5) is 0 Å². The molecule has 2 heteroatoms. The Bertz CT molecular complexity index is 610. The summed E-state index contributed by atoms with van der Waals surface area (Å²) < 4.78 is 4.81. The van der Waals surface area contributed by atoms with Crippen LogP contribution in [0.2, 0.25) is 0 Å². The fourth-order valence-corrected chi connectivity index (χ4v) is 1.77. The molecule has 0 saturated carbocycles. The van der Waals surface area contributed by atoms with Crippen LogP contribution < -0.4 is 0 Å². The molecular formula is C18H16O2. The highest BCUT2D eigenvalue weighted by Crippen LogP contribution is 2.11. The molecular weight excluding hydrogens is 248 g/mol. The summed E-state index contributed by atoms with van der Waals surface area (Å²) in [6.07, 6.45) is 5.48. The first-order chi connectivity index (χ1) is 9.79. The topological polar surface area (TPSA) is 26.3 Å². The predicted molar refractivity (Wildman–Crippen MR) is 81.9 cm³/mol. The molecule has 0 bridgehead atoms. The number of ether oxygens (including phenoxy) is 1. The molecule has 2 aromatic carbocycles. The molecule has 0 N–H and O–H groups in total. The van der Waals surface area contributed by atoms with Gasteiger partial charge in [0.25, 0.3) is 0 Å². The molecule has 0 saturated heterocycles. The van der Waals surface area contributed by atoms with Crippen molar-refractivity contribution in [1.29, 1.82) is 0 Å². The van der Waals surface area contributed by atoms with Crippen molar-refractivity contribution in [2.24, 2.45) is 0 Å². The second-order valence-electron chi connectivity index (χ2n) is 4.25. The van der Waals surface area contributed by atoms with Gasteiger partial charge in [0, 0.05) is 0 Å². The minimum absolute atomic E-state index is 0.346. The van der Waals surface area contributed by atoms with Crippen molar-refractivity contribution >= 4 is 18.1 Å². The van der Waals surface area contributed by atoms with E-state index in [1.165, 1.54) is 7.11 Å². The third kappa shape index (κ3) is 3.95. The van der Waals surface area contributed by atoms with Crippen molar-refractivity contribution < 1.29 is 9.53 Å². The maximum absolute atomic E-state index is 11.8. The minimum atomic E-state index is -0.346. The second-order valence-corrected chi connectivity index (χ2v) is 4.25. The average Bonchev–Trinajstić information content (AvgIpc) is 2.52. The molecule has 0 spiro atoms. The number of hydrogen-bond donors (Lipinski definition) is 0. The number of carbonyl (C=O) groups excluding carboxylic acids is 1. The summed E-state index contributed by atoms with van der Waals surface area (Å²) in [6, 6.07) is 19.5. The quantitative estimate of drug-likeness (QED) is 0.474. The van der Waals surface area contributed by atoms with Gasteiger partial charge in [-0.1, -0.05) is 66.7 Å². The Morgan fingerprint density at radius 3 is 2.00 bits per heavy atom. The highest BCUT2D eigenvalue weighted by molar-refractivity contribution is 5.97. The molecule has 0 radical (unpaired) electrons. The van der Waals surface area contributed by atoms with Crippen LogP contribution in [0.3, 0.4) is 0 Å². The molecule has 0 aromatic heterocycles. The van der Waals surface area contributed by atoms with Gasteiger partial charge in [-0.25, -0.2) is 4.79 Å². The van der Waals surface area contributed by atoms with Crippen LogP contribution >= 0.6 is 0 Å². The van der Waals surface area contributed by atoms with E-state index in [-0.39, 0.29) is 5.97 Å². The zero-order valence-electron chi connectivity index (χ0n) is 11.3. The minimum Gasteiger partial charge on any atom is -0.465 e. The number of carbonyl (C=O) groups is 1. The van der Waals surface area contributed by atoms with E-state index < -0.39 is 0 Å². The van der Waals surface area contributed by atoms with Gasteiger partial charge in [-0.15, -0.1) is 0 Å². The number of hydrogen-bond acceptors (Lipinski definition) is 2. The van der Waals surface area contributed by atoms with Gasteiger partial charge >= 0.3 is 5.97 Å². The molecule has 20 heavy (non-hydrogen) atoms. The summed E-state index contributed by atoms with van der Waals surface area (Å²) >= 11 is 0. The molecule has 0 aliphatic rings. The third-order valence-corrected chi connectivity index (χ3v) is 2.80. The first kappa shape index (κ1) is 13.8. The summed E-state index contributed by atoms with van der Waals surface area (Å²) in [5, 5.41) is 0. The van der Waals surface area contributed by atoms with Crippen LogP contribution in [0.1, 0.15) is 11.1 Å². The molecule has 2 nitrogen and oxygen atoms in total. The average molecular weight is 264 g/mol. The smallest absolute Gasteiger partial charge is 0.337 e. The van der Waals surface area contributed by atoms with Crippen molar-refractivity contribution in [3.8, 4) is 0 Å². The zero-order chi connectivity index (χ0) is 14.2. The standard InChI is InChI=1S/C18H16O2/c1-20-18(19)17(14-16-10-6-3-7-11-16)13-12-15-8-4-2-5-9-15/h2-14H,1H3/b13-12+,17-14+. The van der Waals surface area contributed by atoms with Crippen LogP contribution in [0.5, 0.6) is 0 Å². The summed E-state index contributed by atoms with van der Waals surface area (Å²) in [6.45, 7) is 0. The van der Waals surface area contributed by atoms with Gasteiger partial charge in [-0.2, -0.15) is 0 Å². The van der Waals surface area contributed by atoms with Crippen molar-refractivity contribution in [3.63, 3.8) is 0 Å².